The molecule has 1 unspecified atom stereocenters. The minimum absolute atomic E-state index is 0.261. The van der Waals surface area contributed by atoms with Gasteiger partial charge in [0.15, 0.2) is 6.61 Å². The predicted octanol–water partition coefficient (Wildman–Crippen LogP) is 2.74. The molecule has 0 aliphatic rings. The number of ether oxygens (including phenoxy) is 1. The number of carbonyl (C=O) groups is 2. The molecular formula is C13H15Cl2NO4. The minimum Gasteiger partial charge on any atom is -0.484 e. The number of benzene rings is 1. The highest BCUT2D eigenvalue weighted by Crippen LogP contribution is 2.24. The first-order valence-corrected chi connectivity index (χ1v) is 6.65. The van der Waals surface area contributed by atoms with Crippen LogP contribution in [0.2, 0.25) is 10.0 Å². The van der Waals surface area contributed by atoms with E-state index in [2.05, 4.69) is 5.32 Å². The normalized spacial score (nSPS) is 13.4. The third-order valence-electron chi connectivity index (χ3n) is 2.80. The Balaban J connectivity index is 2.61. The largest absolute Gasteiger partial charge is 0.484 e. The van der Waals surface area contributed by atoms with E-state index in [0.717, 1.165) is 0 Å². The molecule has 20 heavy (non-hydrogen) atoms. The lowest BCUT2D eigenvalue weighted by Crippen LogP contribution is -2.53. The average molecular weight is 320 g/mol. The molecule has 0 saturated heterocycles. The molecule has 2 N–H and O–H groups in total. The minimum atomic E-state index is -1.31. The van der Waals surface area contributed by atoms with E-state index >= 15 is 0 Å². The van der Waals surface area contributed by atoms with Gasteiger partial charge in [-0.25, -0.2) is 4.79 Å². The van der Waals surface area contributed by atoms with Gasteiger partial charge in [0.05, 0.1) is 0 Å². The zero-order chi connectivity index (χ0) is 15.3. The lowest BCUT2D eigenvalue weighted by atomic mass is 9.99. The Morgan fingerprint density at radius 2 is 1.85 bits per heavy atom. The van der Waals surface area contributed by atoms with E-state index in [-0.39, 0.29) is 13.0 Å². The summed E-state index contributed by atoms with van der Waals surface area (Å²) in [7, 11) is 0. The molecule has 0 radical (unpaired) electrons. The number of carbonyl (C=O) groups excluding carboxylic acids is 1. The highest BCUT2D eigenvalue weighted by Gasteiger charge is 2.32. The molecule has 0 bridgehead atoms. The van der Waals surface area contributed by atoms with Crippen molar-refractivity contribution in [2.75, 3.05) is 6.61 Å². The number of rotatable bonds is 6. The lowest BCUT2D eigenvalue weighted by Gasteiger charge is -2.24. The molecule has 0 heterocycles. The fraction of sp³-hybridized carbons (Fsp3) is 0.385. The van der Waals surface area contributed by atoms with E-state index in [1.807, 2.05) is 0 Å². The van der Waals surface area contributed by atoms with Crippen LogP contribution in [0.25, 0.3) is 0 Å². The predicted molar refractivity (Wildman–Crippen MR) is 76.4 cm³/mol. The monoisotopic (exact) mass is 319 g/mol. The van der Waals surface area contributed by atoms with E-state index in [1.54, 1.807) is 6.92 Å². The second-order valence-corrected chi connectivity index (χ2v) is 5.31. The summed E-state index contributed by atoms with van der Waals surface area (Å²) in [5, 5.41) is 12.2. The maximum atomic E-state index is 11.7. The van der Waals surface area contributed by atoms with Crippen LogP contribution in [0, 0.1) is 0 Å². The molecule has 110 valence electrons. The topological polar surface area (TPSA) is 75.6 Å². The average Bonchev–Trinajstić information content (AvgIpc) is 2.35. The second-order valence-electron chi connectivity index (χ2n) is 4.43. The molecular weight excluding hydrogens is 305 g/mol. The molecule has 0 aliphatic carbocycles. The van der Waals surface area contributed by atoms with Gasteiger partial charge >= 0.3 is 5.97 Å². The van der Waals surface area contributed by atoms with Crippen molar-refractivity contribution in [1.29, 1.82) is 0 Å². The van der Waals surface area contributed by atoms with Crippen LogP contribution in [0.5, 0.6) is 5.75 Å². The van der Waals surface area contributed by atoms with Gasteiger partial charge in [-0.3, -0.25) is 4.79 Å². The fourth-order valence-corrected chi connectivity index (χ4v) is 1.90. The first-order chi connectivity index (χ1) is 9.26. The van der Waals surface area contributed by atoms with Gasteiger partial charge in [-0.2, -0.15) is 0 Å². The van der Waals surface area contributed by atoms with Crippen LogP contribution in [0.15, 0.2) is 18.2 Å². The zero-order valence-corrected chi connectivity index (χ0v) is 12.6. The fourth-order valence-electron chi connectivity index (χ4n) is 1.40. The summed E-state index contributed by atoms with van der Waals surface area (Å²) in [6, 6.07) is 4.56. The summed E-state index contributed by atoms with van der Waals surface area (Å²) in [5.74, 6) is -1.29. The van der Waals surface area contributed by atoms with E-state index < -0.39 is 17.4 Å². The van der Waals surface area contributed by atoms with Gasteiger partial charge in [0.1, 0.15) is 11.3 Å². The molecule has 1 amide bonds. The molecule has 0 aliphatic heterocycles. The number of halogens is 2. The van der Waals surface area contributed by atoms with Gasteiger partial charge in [0.2, 0.25) is 0 Å². The number of carboxylic acid groups (broad SMARTS) is 1. The van der Waals surface area contributed by atoms with Crippen LogP contribution in [-0.2, 0) is 9.59 Å². The number of hydrogen-bond acceptors (Lipinski definition) is 3. The second kappa shape index (κ2) is 6.81. The molecule has 5 nitrogen and oxygen atoms in total. The molecule has 1 rings (SSSR count). The summed E-state index contributed by atoms with van der Waals surface area (Å²) in [5.41, 5.74) is -1.31. The van der Waals surface area contributed by atoms with Gasteiger partial charge in [0.25, 0.3) is 5.91 Å². The van der Waals surface area contributed by atoms with E-state index in [9.17, 15) is 9.59 Å². The van der Waals surface area contributed by atoms with Crippen molar-refractivity contribution < 1.29 is 19.4 Å². The molecule has 0 aromatic heterocycles. The van der Waals surface area contributed by atoms with Gasteiger partial charge in [-0.15, -0.1) is 0 Å². The number of amides is 1. The van der Waals surface area contributed by atoms with Gasteiger partial charge in [0, 0.05) is 10.0 Å². The number of nitrogens with one attached hydrogen (secondary N) is 1. The number of aliphatic carboxylic acids is 1. The zero-order valence-electron chi connectivity index (χ0n) is 11.1. The Morgan fingerprint density at radius 3 is 2.30 bits per heavy atom. The molecule has 1 aromatic carbocycles. The highest BCUT2D eigenvalue weighted by atomic mass is 35.5. The van der Waals surface area contributed by atoms with E-state index in [4.69, 9.17) is 33.0 Å². The van der Waals surface area contributed by atoms with Crippen molar-refractivity contribution in [3.8, 4) is 5.75 Å². The summed E-state index contributed by atoms with van der Waals surface area (Å²) in [6.07, 6.45) is 0.261. The summed E-state index contributed by atoms with van der Waals surface area (Å²) >= 11 is 11.6. The smallest absolute Gasteiger partial charge is 0.329 e. The summed E-state index contributed by atoms with van der Waals surface area (Å²) < 4.78 is 5.23. The summed E-state index contributed by atoms with van der Waals surface area (Å²) in [4.78, 5) is 22.8. The molecule has 1 aromatic rings. The molecule has 0 fully saturated rings. The van der Waals surface area contributed by atoms with E-state index in [1.165, 1.54) is 25.1 Å². The molecule has 0 saturated carbocycles. The number of carboxylic acids is 1. The number of hydrogen-bond donors (Lipinski definition) is 2. The van der Waals surface area contributed by atoms with Crippen LogP contribution >= 0.6 is 23.2 Å². The van der Waals surface area contributed by atoms with Gasteiger partial charge in [-0.05, 0) is 31.5 Å². The Morgan fingerprint density at radius 1 is 1.30 bits per heavy atom. The maximum Gasteiger partial charge on any atom is 0.329 e. The van der Waals surface area contributed by atoms with Crippen LogP contribution in [-0.4, -0.2) is 29.1 Å². The lowest BCUT2D eigenvalue weighted by molar-refractivity contribution is -0.147. The van der Waals surface area contributed by atoms with Crippen LogP contribution in [0.1, 0.15) is 20.3 Å². The molecule has 0 spiro atoms. The van der Waals surface area contributed by atoms with Crippen molar-refractivity contribution >= 4 is 35.1 Å². The maximum absolute atomic E-state index is 11.7. The van der Waals surface area contributed by atoms with Crippen molar-refractivity contribution in [3.05, 3.63) is 28.2 Å². The third kappa shape index (κ3) is 4.58. The van der Waals surface area contributed by atoms with E-state index in [0.29, 0.717) is 15.8 Å². The summed E-state index contributed by atoms with van der Waals surface area (Å²) in [6.45, 7) is 2.79. The Kier molecular flexibility index (Phi) is 5.65. The van der Waals surface area contributed by atoms with Crippen molar-refractivity contribution in [1.82, 2.24) is 5.32 Å². The van der Waals surface area contributed by atoms with Crippen molar-refractivity contribution in [3.63, 3.8) is 0 Å². The van der Waals surface area contributed by atoms with Crippen LogP contribution in [0.4, 0.5) is 0 Å². The highest BCUT2D eigenvalue weighted by molar-refractivity contribution is 6.34. The van der Waals surface area contributed by atoms with Gasteiger partial charge in [-0.1, -0.05) is 30.1 Å². The Hall–Kier alpha value is -1.46. The van der Waals surface area contributed by atoms with Gasteiger partial charge < -0.3 is 15.2 Å². The molecule has 7 heteroatoms. The first kappa shape index (κ1) is 16.6. The molecule has 1 atom stereocenters. The van der Waals surface area contributed by atoms with Crippen LogP contribution in [0.3, 0.4) is 0 Å². The van der Waals surface area contributed by atoms with Crippen molar-refractivity contribution in [2.24, 2.45) is 0 Å². The van der Waals surface area contributed by atoms with Crippen molar-refractivity contribution in [2.45, 2.75) is 25.8 Å². The Bertz CT molecular complexity index is 501. The Labute approximate surface area is 126 Å². The standard InChI is InChI=1S/C13H15Cl2NO4/c1-3-13(2,12(18)19)16-11(17)7-20-10-5-8(14)4-9(15)6-10/h4-6H,3,7H2,1-2H3,(H,16,17)(H,18,19). The quantitative estimate of drug-likeness (QED) is 0.845. The third-order valence-corrected chi connectivity index (χ3v) is 3.24. The first-order valence-electron chi connectivity index (χ1n) is 5.90. The van der Waals surface area contributed by atoms with Crippen LogP contribution < -0.4 is 10.1 Å². The SMILES string of the molecule is CCC(C)(NC(=O)COc1cc(Cl)cc(Cl)c1)C(=O)O.